The van der Waals surface area contributed by atoms with Gasteiger partial charge in [0, 0.05) is 6.20 Å². The van der Waals surface area contributed by atoms with Crippen molar-refractivity contribution in [1.82, 2.24) is 4.57 Å². The van der Waals surface area contributed by atoms with Crippen LogP contribution in [0.4, 0.5) is 4.79 Å². The Labute approximate surface area is 136 Å². The van der Waals surface area contributed by atoms with Gasteiger partial charge in [-0.25, -0.2) is 4.79 Å². The van der Waals surface area contributed by atoms with Gasteiger partial charge in [0.25, 0.3) is 0 Å². The van der Waals surface area contributed by atoms with Crippen LogP contribution in [0.2, 0.25) is 0 Å². The average molecular weight is 319 g/mol. The van der Waals surface area contributed by atoms with Crippen LogP contribution in [0, 0.1) is 0 Å². The molecule has 5 nitrogen and oxygen atoms in total. The lowest BCUT2D eigenvalue weighted by molar-refractivity contribution is -0.142. The smallest absolute Gasteiger partial charge is 0.419 e. The van der Waals surface area contributed by atoms with Crippen molar-refractivity contribution in [2.75, 3.05) is 7.11 Å². The summed E-state index contributed by atoms with van der Waals surface area (Å²) in [5.41, 5.74) is 0.0927. The van der Waals surface area contributed by atoms with Crippen LogP contribution in [-0.4, -0.2) is 29.3 Å². The normalized spacial score (nSPS) is 14.5. The Balaban J connectivity index is 3.58. The molecule has 0 spiro atoms. The van der Waals surface area contributed by atoms with Crippen molar-refractivity contribution in [3.8, 4) is 0 Å². The number of aromatic nitrogens is 1. The van der Waals surface area contributed by atoms with E-state index in [2.05, 4.69) is 6.58 Å². The maximum absolute atomic E-state index is 12.5. The second-order valence-corrected chi connectivity index (χ2v) is 6.17. The zero-order valence-electron chi connectivity index (χ0n) is 14.7. The topological polar surface area (TPSA) is 57.5 Å². The maximum Gasteiger partial charge on any atom is 0.419 e. The fraction of sp³-hybridized carbons (Fsp3) is 0.444. The third-order valence-corrected chi connectivity index (χ3v) is 3.29. The molecule has 23 heavy (non-hydrogen) atoms. The molecule has 1 aromatic heterocycles. The van der Waals surface area contributed by atoms with Crippen molar-refractivity contribution < 1.29 is 19.1 Å². The van der Waals surface area contributed by atoms with E-state index >= 15 is 0 Å². The molecule has 1 aromatic rings. The lowest BCUT2D eigenvalue weighted by Crippen LogP contribution is -2.37. The Kier molecular flexibility index (Phi) is 5.96. The van der Waals surface area contributed by atoms with Gasteiger partial charge in [0.2, 0.25) is 0 Å². The van der Waals surface area contributed by atoms with E-state index < -0.39 is 17.6 Å². The van der Waals surface area contributed by atoms with E-state index in [0.29, 0.717) is 10.9 Å². The molecule has 0 radical (unpaired) electrons. The van der Waals surface area contributed by atoms with Crippen molar-refractivity contribution in [1.29, 1.82) is 0 Å². The molecule has 0 aromatic carbocycles. The van der Waals surface area contributed by atoms with E-state index in [9.17, 15) is 9.59 Å². The van der Waals surface area contributed by atoms with Gasteiger partial charge < -0.3 is 9.47 Å². The van der Waals surface area contributed by atoms with E-state index in [1.54, 1.807) is 46.0 Å². The maximum atomic E-state index is 12.5. The number of methoxy groups -OCH3 is 1. The number of esters is 1. The molecule has 0 N–H and O–H groups in total. The molecule has 5 heteroatoms. The number of rotatable bonds is 3. The first kappa shape index (κ1) is 18.7. The highest BCUT2D eigenvalue weighted by molar-refractivity contribution is 5.79. The lowest BCUT2D eigenvalue weighted by atomic mass is 10.0. The average Bonchev–Trinajstić information content (AvgIpc) is 2.82. The highest BCUT2D eigenvalue weighted by Gasteiger charge is 2.23. The van der Waals surface area contributed by atoms with E-state index in [1.165, 1.54) is 11.7 Å². The third kappa shape index (κ3) is 4.34. The summed E-state index contributed by atoms with van der Waals surface area (Å²) in [6.07, 6.45) is 6.28. The molecule has 1 heterocycles. The Morgan fingerprint density at radius 3 is 2.39 bits per heavy atom. The molecule has 0 saturated heterocycles. The monoisotopic (exact) mass is 319 g/mol. The van der Waals surface area contributed by atoms with Crippen LogP contribution in [0.5, 0.6) is 0 Å². The fourth-order valence-corrected chi connectivity index (χ4v) is 2.26. The van der Waals surface area contributed by atoms with Crippen molar-refractivity contribution in [2.24, 2.45) is 0 Å². The third-order valence-electron chi connectivity index (χ3n) is 3.29. The van der Waals surface area contributed by atoms with Crippen molar-refractivity contribution >= 4 is 24.2 Å². The molecule has 0 aliphatic heterocycles. The number of carbonyl (C=O) groups excluding carboxylic acids is 2. The summed E-state index contributed by atoms with van der Waals surface area (Å²) in [6.45, 7) is 12.7. The lowest BCUT2D eigenvalue weighted by Gasteiger charge is -2.19. The molecule has 0 aliphatic rings. The molecule has 1 atom stereocenters. The minimum Gasteiger partial charge on any atom is -0.469 e. The molecule has 0 saturated carbocycles. The molecule has 0 amide bonds. The highest BCUT2D eigenvalue weighted by Crippen LogP contribution is 2.13. The first-order chi connectivity index (χ1) is 10.7. The SMILES string of the molecule is C=C/C=c1\c(=C/C)c(C(C)C(=O)OC)cn1C(=O)OC(C)(C)C. The first-order valence-electron chi connectivity index (χ1n) is 7.47. The van der Waals surface area contributed by atoms with Gasteiger partial charge in [-0.1, -0.05) is 18.7 Å². The van der Waals surface area contributed by atoms with Gasteiger partial charge in [0.1, 0.15) is 5.60 Å². The van der Waals surface area contributed by atoms with E-state index in [4.69, 9.17) is 9.47 Å². The van der Waals surface area contributed by atoms with Crippen LogP contribution < -0.4 is 10.6 Å². The van der Waals surface area contributed by atoms with Gasteiger partial charge in [-0.05, 0) is 51.5 Å². The predicted molar refractivity (Wildman–Crippen MR) is 90.5 cm³/mol. The summed E-state index contributed by atoms with van der Waals surface area (Å²) in [7, 11) is 1.34. The van der Waals surface area contributed by atoms with Crippen LogP contribution >= 0.6 is 0 Å². The van der Waals surface area contributed by atoms with Gasteiger partial charge in [0.15, 0.2) is 0 Å². The Morgan fingerprint density at radius 1 is 1.35 bits per heavy atom. The molecule has 1 unspecified atom stereocenters. The molecular weight excluding hydrogens is 294 g/mol. The number of allylic oxidation sites excluding steroid dienone is 1. The van der Waals surface area contributed by atoms with Crippen LogP contribution in [0.25, 0.3) is 12.2 Å². The molecular formula is C18H25NO4. The molecule has 0 fully saturated rings. The standard InChI is InChI=1S/C18H25NO4/c1-8-10-15-13(9-2)14(12(3)16(20)22-7)11-19(15)17(21)23-18(4,5)6/h8-12H,1H2,2-7H3/b13-9-,15-10+. The molecule has 126 valence electrons. The zero-order chi connectivity index (χ0) is 17.8. The highest BCUT2D eigenvalue weighted by atomic mass is 16.6. The number of nitrogens with zero attached hydrogens (tertiary/aromatic N) is 1. The van der Waals surface area contributed by atoms with Crippen LogP contribution in [-0.2, 0) is 14.3 Å². The largest absolute Gasteiger partial charge is 0.469 e. The minimum atomic E-state index is -0.614. The summed E-state index contributed by atoms with van der Waals surface area (Å²) in [4.78, 5) is 24.3. The van der Waals surface area contributed by atoms with Crippen LogP contribution in [0.1, 0.15) is 46.1 Å². The summed E-state index contributed by atoms with van der Waals surface area (Å²) >= 11 is 0. The summed E-state index contributed by atoms with van der Waals surface area (Å²) < 4.78 is 11.6. The van der Waals surface area contributed by atoms with Gasteiger partial charge in [-0.2, -0.15) is 0 Å². The summed E-state index contributed by atoms with van der Waals surface area (Å²) in [5, 5.41) is 1.41. The van der Waals surface area contributed by atoms with Gasteiger partial charge >= 0.3 is 12.1 Å². The van der Waals surface area contributed by atoms with Gasteiger partial charge in [0.05, 0.1) is 18.4 Å². The predicted octanol–water partition coefficient (Wildman–Crippen LogP) is 2.31. The summed E-state index contributed by atoms with van der Waals surface area (Å²) in [6, 6.07) is 0. The molecule has 0 bridgehead atoms. The van der Waals surface area contributed by atoms with Crippen molar-refractivity contribution in [2.45, 2.75) is 46.1 Å². The molecule has 0 aliphatic carbocycles. The quantitative estimate of drug-likeness (QED) is 0.802. The van der Waals surface area contributed by atoms with E-state index in [0.717, 1.165) is 5.22 Å². The zero-order valence-corrected chi connectivity index (χ0v) is 14.7. The molecule has 1 rings (SSSR count). The Bertz CT molecular complexity index is 719. The Morgan fingerprint density at radius 2 is 1.96 bits per heavy atom. The first-order valence-corrected chi connectivity index (χ1v) is 7.47. The van der Waals surface area contributed by atoms with E-state index in [1.807, 2.05) is 13.0 Å². The second-order valence-electron chi connectivity index (χ2n) is 6.17. The second kappa shape index (κ2) is 7.31. The number of ether oxygens (including phenoxy) is 2. The van der Waals surface area contributed by atoms with Crippen LogP contribution in [0.3, 0.4) is 0 Å². The Hall–Kier alpha value is -2.30. The van der Waals surface area contributed by atoms with E-state index in [-0.39, 0.29) is 5.97 Å². The number of hydrogen-bond acceptors (Lipinski definition) is 4. The van der Waals surface area contributed by atoms with Crippen molar-refractivity contribution in [3.05, 3.63) is 35.0 Å². The minimum absolute atomic E-state index is 0.361. The summed E-state index contributed by atoms with van der Waals surface area (Å²) in [5.74, 6) is -0.855. The van der Waals surface area contributed by atoms with Crippen LogP contribution in [0.15, 0.2) is 18.9 Å². The number of carbonyl (C=O) groups is 2. The van der Waals surface area contributed by atoms with Crippen molar-refractivity contribution in [3.63, 3.8) is 0 Å². The fourth-order valence-electron chi connectivity index (χ4n) is 2.26. The van der Waals surface area contributed by atoms with Gasteiger partial charge in [-0.15, -0.1) is 0 Å². The number of hydrogen-bond donors (Lipinski definition) is 0. The van der Waals surface area contributed by atoms with Gasteiger partial charge in [-0.3, -0.25) is 9.36 Å².